The first-order valence-electron chi connectivity index (χ1n) is 8.55. The summed E-state index contributed by atoms with van der Waals surface area (Å²) in [6.45, 7) is 0. The van der Waals surface area contributed by atoms with Crippen molar-refractivity contribution in [3.8, 4) is 0 Å². The molecule has 5 nitrogen and oxygen atoms in total. The number of anilines is 1. The van der Waals surface area contributed by atoms with Gasteiger partial charge in [0.25, 0.3) is 5.69 Å². The molecule has 15 heteroatoms. The second-order valence-corrected chi connectivity index (χ2v) is 9.17. The maximum Gasteiger partial charge on any atom is 0.460 e. The molecule has 0 radical (unpaired) electrons. The normalized spacial score (nSPS) is 12.5. The average molecular weight is 535 g/mol. The van der Waals surface area contributed by atoms with Crippen LogP contribution < -0.4 is 5.32 Å². The summed E-state index contributed by atoms with van der Waals surface area (Å²) >= 11 is 0.983. The van der Waals surface area contributed by atoms with Crippen LogP contribution in [0.25, 0.3) is 0 Å². The summed E-state index contributed by atoms with van der Waals surface area (Å²) in [5, 5.41) is 7.82. The maximum absolute atomic E-state index is 13.8. The number of hydrogen-bond donors (Lipinski definition) is 1. The van der Waals surface area contributed by atoms with Crippen molar-refractivity contribution in [3.63, 3.8) is 0 Å². The van der Waals surface area contributed by atoms with E-state index >= 15 is 0 Å². The van der Waals surface area contributed by atoms with Crippen molar-refractivity contribution >= 4 is 52.6 Å². The Bertz CT molecular complexity index is 1040. The Labute approximate surface area is 195 Å². The molecule has 0 aliphatic carbocycles. The van der Waals surface area contributed by atoms with Crippen molar-refractivity contribution in [1.82, 2.24) is 0 Å². The summed E-state index contributed by atoms with van der Waals surface area (Å²) in [6.07, 6.45) is -4.78. The van der Waals surface area contributed by atoms with Gasteiger partial charge < -0.3 is 5.32 Å². The fourth-order valence-corrected chi connectivity index (χ4v) is 4.38. The Hall–Kier alpha value is -2.13. The van der Waals surface area contributed by atoms with E-state index in [1.165, 1.54) is 30.0 Å². The molecule has 1 amide bonds. The lowest BCUT2D eigenvalue weighted by atomic mass is 10.3. The van der Waals surface area contributed by atoms with Crippen LogP contribution in [-0.4, -0.2) is 40.2 Å². The van der Waals surface area contributed by atoms with E-state index in [-0.39, 0.29) is 10.6 Å². The van der Waals surface area contributed by atoms with Gasteiger partial charge in [-0.25, -0.2) is 0 Å². The summed E-state index contributed by atoms with van der Waals surface area (Å²) in [5.41, 5.74) is -0.678. The predicted octanol–water partition coefficient (Wildman–Crippen LogP) is 6.93. The van der Waals surface area contributed by atoms with Crippen molar-refractivity contribution in [3.05, 3.63) is 52.6 Å². The molecule has 2 rings (SSSR count). The van der Waals surface area contributed by atoms with E-state index in [2.05, 4.69) is 5.32 Å². The van der Waals surface area contributed by atoms with Gasteiger partial charge in [0.05, 0.1) is 21.3 Å². The summed E-state index contributed by atoms with van der Waals surface area (Å²) in [7, 11) is 0. The topological polar surface area (TPSA) is 72.2 Å². The maximum atomic E-state index is 13.8. The number of benzene rings is 2. The highest BCUT2D eigenvalue weighted by Gasteiger charge is 2.73. The van der Waals surface area contributed by atoms with Gasteiger partial charge in [-0.15, -0.1) is 23.5 Å². The number of amides is 1. The fraction of sp³-hybridized carbons (Fsp3) is 0.278. The summed E-state index contributed by atoms with van der Waals surface area (Å²) in [6, 6.07) is 8.57. The number of nitro benzene ring substituents is 1. The van der Waals surface area contributed by atoms with E-state index in [4.69, 9.17) is 0 Å². The van der Waals surface area contributed by atoms with E-state index in [1.54, 1.807) is 12.3 Å². The van der Waals surface area contributed by atoms with Crippen LogP contribution in [0.4, 0.5) is 42.1 Å². The van der Waals surface area contributed by atoms with E-state index in [1.807, 2.05) is 0 Å². The van der Waals surface area contributed by atoms with Crippen LogP contribution in [-0.2, 0) is 4.79 Å². The molecule has 0 atom stereocenters. The molecule has 0 spiro atoms. The minimum atomic E-state index is -6.49. The van der Waals surface area contributed by atoms with E-state index in [0.717, 1.165) is 30.0 Å². The average Bonchev–Trinajstić information content (AvgIpc) is 2.72. The van der Waals surface area contributed by atoms with Crippen LogP contribution in [0.5, 0.6) is 0 Å². The molecule has 0 unspecified atom stereocenters. The number of nitrogens with one attached hydrogen (secondary N) is 1. The van der Waals surface area contributed by atoms with Gasteiger partial charge in [0.2, 0.25) is 5.91 Å². The van der Waals surface area contributed by atoms with Crippen LogP contribution in [0.15, 0.2) is 57.2 Å². The highest BCUT2D eigenvalue weighted by Crippen LogP contribution is 2.54. The number of nitrogens with zero attached hydrogens (tertiary/aromatic N) is 1. The van der Waals surface area contributed by atoms with Gasteiger partial charge in [-0.1, -0.05) is 12.1 Å². The number of halogens is 7. The number of alkyl halides is 7. The summed E-state index contributed by atoms with van der Waals surface area (Å²) < 4.78 is 91.1. The summed E-state index contributed by atoms with van der Waals surface area (Å²) in [4.78, 5) is 22.8. The first kappa shape index (κ1) is 27.1. The molecule has 180 valence electrons. The molecule has 0 aromatic heterocycles. The number of para-hydroxylation sites is 1. The van der Waals surface area contributed by atoms with Crippen LogP contribution in [0.1, 0.15) is 0 Å². The second-order valence-electron chi connectivity index (χ2n) is 6.11. The van der Waals surface area contributed by atoms with Gasteiger partial charge in [-0.2, -0.15) is 30.7 Å². The number of thioether (sulfide) groups is 3. The molecule has 1 N–H and O–H groups in total. The van der Waals surface area contributed by atoms with Gasteiger partial charge in [0.1, 0.15) is 0 Å². The van der Waals surface area contributed by atoms with Crippen LogP contribution in [0, 0.1) is 10.1 Å². The third-order valence-electron chi connectivity index (χ3n) is 3.84. The zero-order valence-corrected chi connectivity index (χ0v) is 18.7. The number of hydrogen-bond acceptors (Lipinski definition) is 6. The molecule has 0 bridgehead atoms. The molecular weight excluding hydrogens is 521 g/mol. The van der Waals surface area contributed by atoms with E-state index < -0.39 is 56.3 Å². The van der Waals surface area contributed by atoms with E-state index in [0.29, 0.717) is 4.90 Å². The summed E-state index contributed by atoms with van der Waals surface area (Å²) in [5.74, 6) is -7.59. The van der Waals surface area contributed by atoms with Gasteiger partial charge in [-0.05, 0) is 42.3 Å². The Balaban J connectivity index is 2.16. The van der Waals surface area contributed by atoms with Crippen molar-refractivity contribution < 1.29 is 40.5 Å². The molecule has 33 heavy (non-hydrogen) atoms. The highest BCUT2D eigenvalue weighted by atomic mass is 32.2. The number of carbonyl (C=O) groups is 1. The molecule has 2 aromatic carbocycles. The minimum Gasteiger partial charge on any atom is -0.324 e. The van der Waals surface area contributed by atoms with Crippen molar-refractivity contribution in [2.45, 2.75) is 32.0 Å². The number of rotatable bonds is 9. The molecule has 0 aliphatic heterocycles. The van der Waals surface area contributed by atoms with Crippen LogP contribution in [0.3, 0.4) is 0 Å². The Morgan fingerprint density at radius 1 is 1.03 bits per heavy atom. The first-order chi connectivity index (χ1) is 15.2. The number of nitro groups is 1. The lowest BCUT2D eigenvalue weighted by molar-refractivity contribution is -0.387. The molecule has 0 aliphatic rings. The largest absolute Gasteiger partial charge is 0.460 e. The molecule has 2 aromatic rings. The Morgan fingerprint density at radius 3 is 2.24 bits per heavy atom. The van der Waals surface area contributed by atoms with Crippen LogP contribution in [0.2, 0.25) is 0 Å². The quantitative estimate of drug-likeness (QED) is 0.163. The van der Waals surface area contributed by atoms with Crippen LogP contribution >= 0.6 is 35.3 Å². The Morgan fingerprint density at radius 2 is 1.67 bits per heavy atom. The Kier molecular flexibility index (Phi) is 8.57. The van der Waals surface area contributed by atoms with E-state index in [9.17, 15) is 45.6 Å². The predicted molar refractivity (Wildman–Crippen MR) is 112 cm³/mol. The fourth-order valence-electron chi connectivity index (χ4n) is 2.24. The lowest BCUT2D eigenvalue weighted by Crippen LogP contribution is -2.49. The number of carbonyl (C=O) groups excluding carboxylic acids is 1. The zero-order chi connectivity index (χ0) is 25.0. The van der Waals surface area contributed by atoms with Crippen molar-refractivity contribution in [2.24, 2.45) is 0 Å². The molecule has 0 fully saturated rings. The molecule has 0 saturated heterocycles. The molecule has 0 saturated carbocycles. The van der Waals surface area contributed by atoms with Gasteiger partial charge in [-0.3, -0.25) is 14.9 Å². The lowest BCUT2D eigenvalue weighted by Gasteiger charge is -2.28. The monoisotopic (exact) mass is 534 g/mol. The highest BCUT2D eigenvalue weighted by molar-refractivity contribution is 8.00. The molecule has 0 heterocycles. The third kappa shape index (κ3) is 6.47. The smallest absolute Gasteiger partial charge is 0.324 e. The second kappa shape index (κ2) is 10.4. The standard InChI is InChI=1S/C18H13F7N2O3S3/c1-31-10-6-7-14(12(8-10)27(29)30)32-9-15(28)26-11-4-2-3-5-13(11)33-18(24,25)16(19,20)17(21,22)23/h2-8H,9H2,1H3,(H,26,28). The van der Waals surface area contributed by atoms with Crippen molar-refractivity contribution in [2.75, 3.05) is 17.3 Å². The SMILES string of the molecule is CSc1ccc(SCC(=O)Nc2ccccc2SC(F)(F)C(F)(F)C(F)(F)F)c([N+](=O)[O-])c1. The van der Waals surface area contributed by atoms with Crippen molar-refractivity contribution in [1.29, 1.82) is 0 Å². The van der Waals surface area contributed by atoms with Gasteiger partial charge in [0.15, 0.2) is 0 Å². The van der Waals surface area contributed by atoms with Gasteiger partial charge >= 0.3 is 17.4 Å². The minimum absolute atomic E-state index is 0.145. The third-order valence-corrected chi connectivity index (χ3v) is 6.72. The van der Waals surface area contributed by atoms with Gasteiger partial charge in [0, 0.05) is 15.9 Å². The zero-order valence-electron chi connectivity index (χ0n) is 16.3. The molecular formula is C18H13F7N2O3S3. The first-order valence-corrected chi connectivity index (χ1v) is 11.6.